The van der Waals surface area contributed by atoms with E-state index in [9.17, 15) is 0 Å². The SMILES string of the molecule is CN(CCO)CCOCCN(C)CCN(C)CCN1CCCC1. The minimum absolute atomic E-state index is 0.213. The maximum Gasteiger partial charge on any atom is 0.0594 e. The molecule has 6 heteroatoms. The Balaban J connectivity index is 1.91. The van der Waals surface area contributed by atoms with Crippen LogP contribution in [0.2, 0.25) is 0 Å². The van der Waals surface area contributed by atoms with Crippen LogP contribution in [0.5, 0.6) is 0 Å². The van der Waals surface area contributed by atoms with Crippen molar-refractivity contribution < 1.29 is 9.84 Å². The summed E-state index contributed by atoms with van der Waals surface area (Å²) in [6.45, 7) is 11.5. The molecule has 0 spiro atoms. The Morgan fingerprint density at radius 2 is 1.30 bits per heavy atom. The number of ether oxygens (including phenoxy) is 1. The van der Waals surface area contributed by atoms with Crippen LogP contribution in [0.1, 0.15) is 12.8 Å². The molecule has 138 valence electrons. The van der Waals surface area contributed by atoms with Crippen molar-refractivity contribution >= 4 is 0 Å². The van der Waals surface area contributed by atoms with Crippen molar-refractivity contribution in [3.05, 3.63) is 0 Å². The van der Waals surface area contributed by atoms with Crippen molar-refractivity contribution in [3.8, 4) is 0 Å². The van der Waals surface area contributed by atoms with Crippen LogP contribution in [0.4, 0.5) is 0 Å². The van der Waals surface area contributed by atoms with E-state index in [1.54, 1.807) is 0 Å². The molecule has 0 aromatic rings. The first-order valence-electron chi connectivity index (χ1n) is 9.08. The second kappa shape index (κ2) is 13.1. The van der Waals surface area contributed by atoms with Gasteiger partial charge >= 0.3 is 0 Å². The lowest BCUT2D eigenvalue weighted by Gasteiger charge is -2.24. The summed E-state index contributed by atoms with van der Waals surface area (Å²) in [6.07, 6.45) is 2.75. The molecular weight excluding hydrogens is 292 g/mol. The molecule has 0 amide bonds. The fourth-order valence-corrected chi connectivity index (χ4v) is 2.71. The molecule has 1 aliphatic rings. The van der Waals surface area contributed by atoms with Gasteiger partial charge in [-0.3, -0.25) is 0 Å². The van der Waals surface area contributed by atoms with E-state index in [1.165, 1.54) is 39.0 Å². The minimum atomic E-state index is 0.213. The van der Waals surface area contributed by atoms with E-state index in [2.05, 4.69) is 33.7 Å². The monoisotopic (exact) mass is 330 g/mol. The molecule has 0 atom stereocenters. The predicted molar refractivity (Wildman–Crippen MR) is 96.1 cm³/mol. The zero-order valence-electron chi connectivity index (χ0n) is 15.5. The summed E-state index contributed by atoms with van der Waals surface area (Å²) in [5, 5.41) is 8.82. The quantitative estimate of drug-likeness (QED) is 0.448. The number of likely N-dealkylation sites (N-methyl/N-ethyl adjacent to an activating group) is 3. The van der Waals surface area contributed by atoms with Crippen molar-refractivity contribution in [2.24, 2.45) is 0 Å². The minimum Gasteiger partial charge on any atom is -0.395 e. The Kier molecular flexibility index (Phi) is 11.8. The van der Waals surface area contributed by atoms with E-state index in [0.29, 0.717) is 6.54 Å². The highest BCUT2D eigenvalue weighted by atomic mass is 16.5. The Hall–Kier alpha value is -0.240. The Labute approximate surface area is 143 Å². The lowest BCUT2D eigenvalue weighted by atomic mass is 10.4. The van der Waals surface area contributed by atoms with Crippen molar-refractivity contribution in [1.29, 1.82) is 0 Å². The van der Waals surface area contributed by atoms with Crippen LogP contribution >= 0.6 is 0 Å². The highest BCUT2D eigenvalue weighted by molar-refractivity contribution is 4.68. The highest BCUT2D eigenvalue weighted by Crippen LogP contribution is 2.06. The zero-order chi connectivity index (χ0) is 16.9. The molecule has 1 fully saturated rings. The molecule has 23 heavy (non-hydrogen) atoms. The first kappa shape index (κ1) is 20.8. The van der Waals surface area contributed by atoms with Crippen molar-refractivity contribution in [3.63, 3.8) is 0 Å². The summed E-state index contributed by atoms with van der Waals surface area (Å²) in [4.78, 5) is 9.42. The summed E-state index contributed by atoms with van der Waals surface area (Å²) in [5.74, 6) is 0. The maximum absolute atomic E-state index is 8.82. The van der Waals surface area contributed by atoms with Gasteiger partial charge in [0.05, 0.1) is 19.8 Å². The second-order valence-electron chi connectivity index (χ2n) is 6.79. The van der Waals surface area contributed by atoms with Crippen LogP contribution in [0.15, 0.2) is 0 Å². The lowest BCUT2D eigenvalue weighted by molar-refractivity contribution is 0.0879. The molecule has 1 rings (SSSR count). The number of likely N-dealkylation sites (tertiary alicyclic amines) is 1. The van der Waals surface area contributed by atoms with Crippen LogP contribution in [-0.2, 0) is 4.74 Å². The Morgan fingerprint density at radius 1 is 0.783 bits per heavy atom. The Bertz CT molecular complexity index is 275. The van der Waals surface area contributed by atoms with Gasteiger partial charge < -0.3 is 29.4 Å². The first-order chi connectivity index (χ1) is 11.1. The summed E-state index contributed by atoms with van der Waals surface area (Å²) >= 11 is 0. The second-order valence-corrected chi connectivity index (χ2v) is 6.79. The van der Waals surface area contributed by atoms with Gasteiger partial charge in [0, 0.05) is 45.8 Å². The Morgan fingerprint density at radius 3 is 1.87 bits per heavy atom. The fraction of sp³-hybridized carbons (Fsp3) is 1.00. The normalized spacial score (nSPS) is 16.3. The summed E-state index contributed by atoms with van der Waals surface area (Å²) in [6, 6.07) is 0. The molecule has 1 N–H and O–H groups in total. The molecule has 1 heterocycles. The van der Waals surface area contributed by atoms with E-state index < -0.39 is 0 Å². The molecule has 0 saturated carbocycles. The average Bonchev–Trinajstić information content (AvgIpc) is 3.04. The largest absolute Gasteiger partial charge is 0.395 e. The number of nitrogens with zero attached hydrogens (tertiary/aromatic N) is 4. The number of aliphatic hydroxyl groups excluding tert-OH is 1. The van der Waals surface area contributed by atoms with Gasteiger partial charge in [0.25, 0.3) is 0 Å². The predicted octanol–water partition coefficient (Wildman–Crippen LogP) is -0.113. The molecule has 0 aromatic heterocycles. The van der Waals surface area contributed by atoms with Crippen LogP contribution in [-0.4, -0.2) is 125 Å². The molecule has 1 aliphatic heterocycles. The van der Waals surface area contributed by atoms with Gasteiger partial charge in [0.1, 0.15) is 0 Å². The van der Waals surface area contributed by atoms with E-state index in [4.69, 9.17) is 9.84 Å². The van der Waals surface area contributed by atoms with Crippen LogP contribution in [0, 0.1) is 0 Å². The van der Waals surface area contributed by atoms with Crippen LogP contribution in [0.3, 0.4) is 0 Å². The standard InChI is InChI=1S/C17H38N4O2/c1-18(10-11-21-6-4-5-7-21)8-9-19(2)13-16-23-17-14-20(3)12-15-22/h22H,4-17H2,1-3H3. The van der Waals surface area contributed by atoms with Gasteiger partial charge in [0.2, 0.25) is 0 Å². The summed E-state index contributed by atoms with van der Waals surface area (Å²) < 4.78 is 5.66. The van der Waals surface area contributed by atoms with Gasteiger partial charge in [0.15, 0.2) is 0 Å². The van der Waals surface area contributed by atoms with Gasteiger partial charge in [-0.2, -0.15) is 0 Å². The number of hydrogen-bond acceptors (Lipinski definition) is 6. The molecule has 0 aliphatic carbocycles. The van der Waals surface area contributed by atoms with Gasteiger partial charge in [-0.05, 0) is 47.1 Å². The van der Waals surface area contributed by atoms with E-state index >= 15 is 0 Å². The molecule has 0 bridgehead atoms. The smallest absolute Gasteiger partial charge is 0.0594 e. The number of rotatable bonds is 14. The fourth-order valence-electron chi connectivity index (χ4n) is 2.71. The highest BCUT2D eigenvalue weighted by Gasteiger charge is 2.11. The lowest BCUT2D eigenvalue weighted by Crippen LogP contribution is -2.37. The molecule has 0 radical (unpaired) electrons. The molecule has 0 aromatic carbocycles. The molecular formula is C17H38N4O2. The molecule has 6 nitrogen and oxygen atoms in total. The average molecular weight is 331 g/mol. The van der Waals surface area contributed by atoms with E-state index in [-0.39, 0.29) is 6.61 Å². The number of hydrogen-bond donors (Lipinski definition) is 1. The third kappa shape index (κ3) is 11.0. The van der Waals surface area contributed by atoms with Crippen molar-refractivity contribution in [2.45, 2.75) is 12.8 Å². The van der Waals surface area contributed by atoms with Gasteiger partial charge in [-0.25, -0.2) is 0 Å². The van der Waals surface area contributed by atoms with Crippen molar-refractivity contribution in [1.82, 2.24) is 19.6 Å². The van der Waals surface area contributed by atoms with E-state index in [0.717, 1.165) is 39.4 Å². The van der Waals surface area contributed by atoms with E-state index in [1.807, 2.05) is 7.05 Å². The topological polar surface area (TPSA) is 42.4 Å². The molecule has 1 saturated heterocycles. The number of aliphatic hydroxyl groups is 1. The first-order valence-corrected chi connectivity index (χ1v) is 9.08. The zero-order valence-corrected chi connectivity index (χ0v) is 15.5. The summed E-state index contributed by atoms with van der Waals surface area (Å²) in [5.41, 5.74) is 0. The third-order valence-electron chi connectivity index (χ3n) is 4.58. The van der Waals surface area contributed by atoms with Crippen molar-refractivity contribution in [2.75, 3.05) is 99.9 Å². The van der Waals surface area contributed by atoms with Gasteiger partial charge in [-0.15, -0.1) is 0 Å². The summed E-state index contributed by atoms with van der Waals surface area (Å²) in [7, 11) is 6.39. The molecule has 0 unspecified atom stereocenters. The van der Waals surface area contributed by atoms with Crippen LogP contribution < -0.4 is 0 Å². The van der Waals surface area contributed by atoms with Crippen LogP contribution in [0.25, 0.3) is 0 Å². The maximum atomic E-state index is 8.82. The van der Waals surface area contributed by atoms with Gasteiger partial charge in [-0.1, -0.05) is 0 Å². The third-order valence-corrected chi connectivity index (χ3v) is 4.58.